The molecular weight excluding hydrogens is 244 g/mol. The van der Waals surface area contributed by atoms with E-state index in [1.165, 1.54) is 19.1 Å². The van der Waals surface area contributed by atoms with Crippen LogP contribution in [0, 0.1) is 11.6 Å². The highest BCUT2D eigenvalue weighted by Crippen LogP contribution is 2.08. The lowest BCUT2D eigenvalue weighted by Gasteiger charge is -2.18. The molecule has 100 valence electrons. The minimum absolute atomic E-state index is 0.139. The average molecular weight is 259 g/mol. The van der Waals surface area contributed by atoms with Gasteiger partial charge in [-0.3, -0.25) is 0 Å². The van der Waals surface area contributed by atoms with Gasteiger partial charge in [-0.1, -0.05) is 0 Å². The lowest BCUT2D eigenvalue weighted by Crippen LogP contribution is -2.45. The molecule has 0 aliphatic heterocycles. The van der Waals surface area contributed by atoms with Crippen LogP contribution >= 0.6 is 0 Å². The van der Waals surface area contributed by atoms with Gasteiger partial charge in [0.15, 0.2) is 5.60 Å². The second-order valence-electron chi connectivity index (χ2n) is 4.28. The number of benzene rings is 1. The van der Waals surface area contributed by atoms with E-state index in [-0.39, 0.29) is 6.54 Å². The first-order valence-electron chi connectivity index (χ1n) is 5.43. The molecule has 1 rings (SSSR count). The van der Waals surface area contributed by atoms with Crippen LogP contribution < -0.4 is 5.32 Å². The summed E-state index contributed by atoms with van der Waals surface area (Å²) in [5.41, 5.74) is -1.39. The summed E-state index contributed by atoms with van der Waals surface area (Å²) in [5, 5.41) is 20.8. The molecule has 18 heavy (non-hydrogen) atoms. The van der Waals surface area contributed by atoms with Crippen LogP contribution in [0.4, 0.5) is 8.78 Å². The Kier molecular flexibility index (Phi) is 4.75. The molecule has 3 N–H and O–H groups in total. The first-order chi connectivity index (χ1) is 8.31. The van der Waals surface area contributed by atoms with Crippen molar-refractivity contribution in [1.29, 1.82) is 0 Å². The zero-order chi connectivity index (χ0) is 13.8. The SMILES string of the molecule is CC(O)(CNCCc1cc(F)cc(F)c1)C(=O)O. The molecule has 6 heteroatoms. The first-order valence-corrected chi connectivity index (χ1v) is 5.43. The van der Waals surface area contributed by atoms with Crippen LogP contribution in [0.5, 0.6) is 0 Å². The highest BCUT2D eigenvalue weighted by atomic mass is 19.1. The zero-order valence-corrected chi connectivity index (χ0v) is 9.91. The van der Waals surface area contributed by atoms with Crippen molar-refractivity contribution >= 4 is 5.97 Å². The smallest absolute Gasteiger partial charge is 0.336 e. The average Bonchev–Trinajstić information content (AvgIpc) is 2.23. The quantitative estimate of drug-likeness (QED) is 0.665. The Morgan fingerprint density at radius 2 is 1.89 bits per heavy atom. The number of rotatable bonds is 6. The standard InChI is InChI=1S/C12H15F2NO3/c1-12(18,11(16)17)7-15-3-2-8-4-9(13)6-10(14)5-8/h4-6,15,18H,2-3,7H2,1H3,(H,16,17). The van der Waals surface area contributed by atoms with E-state index in [0.717, 1.165) is 6.07 Å². The molecule has 1 aromatic rings. The molecule has 0 amide bonds. The summed E-state index contributed by atoms with van der Waals surface area (Å²) in [7, 11) is 0. The van der Waals surface area contributed by atoms with Gasteiger partial charge in [0, 0.05) is 12.6 Å². The predicted octanol–water partition coefficient (Wildman–Crippen LogP) is 0.933. The predicted molar refractivity (Wildman–Crippen MR) is 61.2 cm³/mol. The number of hydrogen-bond acceptors (Lipinski definition) is 3. The monoisotopic (exact) mass is 259 g/mol. The van der Waals surface area contributed by atoms with Crippen LogP contribution in [0.3, 0.4) is 0 Å². The molecule has 0 saturated heterocycles. The van der Waals surface area contributed by atoms with Crippen molar-refractivity contribution in [2.24, 2.45) is 0 Å². The molecule has 0 radical (unpaired) electrons. The molecule has 0 bridgehead atoms. The Bertz CT molecular complexity index is 415. The van der Waals surface area contributed by atoms with Crippen LogP contribution in [0.25, 0.3) is 0 Å². The Morgan fingerprint density at radius 1 is 1.33 bits per heavy atom. The number of carboxylic acids is 1. The summed E-state index contributed by atoms with van der Waals surface area (Å²) in [6.07, 6.45) is 0.338. The van der Waals surface area contributed by atoms with Gasteiger partial charge in [0.25, 0.3) is 0 Å². The Balaban J connectivity index is 2.40. The lowest BCUT2D eigenvalue weighted by molar-refractivity contribution is -0.156. The number of aliphatic hydroxyl groups is 1. The van der Waals surface area contributed by atoms with Gasteiger partial charge < -0.3 is 15.5 Å². The molecule has 4 nitrogen and oxygen atoms in total. The van der Waals surface area contributed by atoms with Gasteiger partial charge in [0.05, 0.1) is 0 Å². The van der Waals surface area contributed by atoms with Gasteiger partial charge in [-0.05, 0) is 37.6 Å². The third-order valence-electron chi connectivity index (χ3n) is 2.44. The fraction of sp³-hybridized carbons (Fsp3) is 0.417. The van der Waals surface area contributed by atoms with E-state index < -0.39 is 23.2 Å². The maximum Gasteiger partial charge on any atom is 0.336 e. The molecule has 0 aliphatic rings. The van der Waals surface area contributed by atoms with Gasteiger partial charge in [0.2, 0.25) is 0 Å². The van der Waals surface area contributed by atoms with Crippen molar-refractivity contribution in [2.75, 3.05) is 13.1 Å². The van der Waals surface area contributed by atoms with Crippen LogP contribution in [0.2, 0.25) is 0 Å². The lowest BCUT2D eigenvalue weighted by atomic mass is 10.1. The number of carboxylic acid groups (broad SMARTS) is 1. The summed E-state index contributed by atoms with van der Waals surface area (Å²) in [6, 6.07) is 3.20. The van der Waals surface area contributed by atoms with Crippen LogP contribution in [0.1, 0.15) is 12.5 Å². The fourth-order valence-corrected chi connectivity index (χ4v) is 1.40. The Morgan fingerprint density at radius 3 is 2.39 bits per heavy atom. The third kappa shape index (κ3) is 4.38. The van der Waals surface area contributed by atoms with E-state index in [2.05, 4.69) is 5.32 Å². The van der Waals surface area contributed by atoms with Gasteiger partial charge >= 0.3 is 5.97 Å². The Labute approximate surface area is 103 Å². The molecule has 1 atom stereocenters. The number of halogens is 2. The molecule has 1 unspecified atom stereocenters. The summed E-state index contributed by atoms with van der Waals surface area (Å²) in [4.78, 5) is 10.6. The summed E-state index contributed by atoms with van der Waals surface area (Å²) < 4.78 is 25.7. The van der Waals surface area contributed by atoms with Crippen LogP contribution in [0.15, 0.2) is 18.2 Å². The van der Waals surface area contributed by atoms with Gasteiger partial charge in [0.1, 0.15) is 11.6 Å². The Hall–Kier alpha value is -1.53. The molecule has 0 spiro atoms. The molecule has 0 aromatic heterocycles. The summed E-state index contributed by atoms with van der Waals surface area (Å²) in [5.74, 6) is -2.63. The fourth-order valence-electron chi connectivity index (χ4n) is 1.40. The van der Waals surface area contributed by atoms with Crippen molar-refractivity contribution in [3.63, 3.8) is 0 Å². The minimum atomic E-state index is -1.85. The number of carbonyl (C=O) groups is 1. The van der Waals surface area contributed by atoms with Crippen molar-refractivity contribution in [3.8, 4) is 0 Å². The van der Waals surface area contributed by atoms with Crippen molar-refractivity contribution in [3.05, 3.63) is 35.4 Å². The van der Waals surface area contributed by atoms with Crippen molar-refractivity contribution in [2.45, 2.75) is 18.9 Å². The van der Waals surface area contributed by atoms with E-state index in [1.807, 2.05) is 0 Å². The van der Waals surface area contributed by atoms with Crippen LogP contribution in [-0.2, 0) is 11.2 Å². The van der Waals surface area contributed by atoms with E-state index in [0.29, 0.717) is 18.5 Å². The largest absolute Gasteiger partial charge is 0.479 e. The number of nitrogens with one attached hydrogen (secondary N) is 1. The van der Waals surface area contributed by atoms with Gasteiger partial charge in [-0.25, -0.2) is 13.6 Å². The summed E-state index contributed by atoms with van der Waals surface area (Å²) in [6.45, 7) is 1.34. The van der Waals surface area contributed by atoms with Crippen molar-refractivity contribution < 1.29 is 23.8 Å². The van der Waals surface area contributed by atoms with E-state index in [1.54, 1.807) is 0 Å². The molecule has 1 aromatic carbocycles. The topological polar surface area (TPSA) is 69.6 Å². The second kappa shape index (κ2) is 5.88. The summed E-state index contributed by atoms with van der Waals surface area (Å²) >= 11 is 0. The maximum atomic E-state index is 12.9. The minimum Gasteiger partial charge on any atom is -0.479 e. The highest BCUT2D eigenvalue weighted by Gasteiger charge is 2.28. The zero-order valence-electron chi connectivity index (χ0n) is 9.91. The molecule has 0 heterocycles. The van der Waals surface area contributed by atoms with Crippen LogP contribution in [-0.4, -0.2) is 34.9 Å². The molecular formula is C12H15F2NO3. The van der Waals surface area contributed by atoms with E-state index >= 15 is 0 Å². The molecule has 0 saturated carbocycles. The number of hydrogen-bond donors (Lipinski definition) is 3. The maximum absolute atomic E-state index is 12.9. The van der Waals surface area contributed by atoms with Gasteiger partial charge in [-0.15, -0.1) is 0 Å². The first kappa shape index (κ1) is 14.5. The van der Waals surface area contributed by atoms with E-state index in [4.69, 9.17) is 5.11 Å². The van der Waals surface area contributed by atoms with Gasteiger partial charge in [-0.2, -0.15) is 0 Å². The highest BCUT2D eigenvalue weighted by molar-refractivity contribution is 5.76. The molecule has 0 aliphatic carbocycles. The number of aliphatic carboxylic acids is 1. The van der Waals surface area contributed by atoms with Crippen molar-refractivity contribution in [1.82, 2.24) is 5.32 Å². The van der Waals surface area contributed by atoms with E-state index in [9.17, 15) is 18.7 Å². The normalized spacial score (nSPS) is 14.2. The molecule has 0 fully saturated rings. The third-order valence-corrected chi connectivity index (χ3v) is 2.44. The second-order valence-corrected chi connectivity index (χ2v) is 4.28.